The molecule has 0 amide bonds. The van der Waals surface area contributed by atoms with Crippen LogP contribution in [0.4, 0.5) is 0 Å². The summed E-state index contributed by atoms with van der Waals surface area (Å²) in [4.78, 5) is 9.36. The van der Waals surface area contributed by atoms with Crippen molar-refractivity contribution in [2.75, 3.05) is 66.2 Å². The lowest BCUT2D eigenvalue weighted by Gasteiger charge is -2.33. The van der Waals surface area contributed by atoms with E-state index in [0.717, 1.165) is 65.1 Å². The molecule has 6 nitrogen and oxygen atoms in total. The van der Waals surface area contributed by atoms with Crippen LogP contribution in [0.5, 0.6) is 0 Å². The molecule has 0 radical (unpaired) electrons. The Balaban J connectivity index is 1.44. The summed E-state index contributed by atoms with van der Waals surface area (Å²) in [5, 5.41) is 3.54. The minimum absolute atomic E-state index is 0.385. The first-order valence-corrected chi connectivity index (χ1v) is 8.58. The van der Waals surface area contributed by atoms with Gasteiger partial charge in [0.25, 0.3) is 0 Å². The predicted molar refractivity (Wildman–Crippen MR) is 87.3 cm³/mol. The molecule has 0 aromatic heterocycles. The molecule has 0 bridgehead atoms. The van der Waals surface area contributed by atoms with Crippen LogP contribution in [-0.4, -0.2) is 88.0 Å². The number of rotatable bonds is 3. The second-order valence-corrected chi connectivity index (χ2v) is 6.91. The highest BCUT2D eigenvalue weighted by Crippen LogP contribution is 2.38. The Bertz CT molecular complexity index is 396. The van der Waals surface area contributed by atoms with E-state index in [2.05, 4.69) is 27.0 Å². The fourth-order valence-electron chi connectivity index (χ4n) is 3.82. The summed E-state index contributed by atoms with van der Waals surface area (Å²) in [5.74, 6) is 1.05. The first-order chi connectivity index (χ1) is 10.7. The summed E-state index contributed by atoms with van der Waals surface area (Å²) < 4.78 is 11.1. The van der Waals surface area contributed by atoms with Crippen molar-refractivity contribution < 1.29 is 9.47 Å². The number of aliphatic imine (C=N–C) groups is 1. The van der Waals surface area contributed by atoms with Crippen LogP contribution in [-0.2, 0) is 9.47 Å². The molecular weight excluding hydrogens is 280 g/mol. The minimum Gasteiger partial charge on any atom is -0.381 e. The average Bonchev–Trinajstić information content (AvgIpc) is 3.16. The number of likely N-dealkylation sites (tertiary alicyclic amines) is 1. The number of hydrogen-bond donors (Lipinski definition) is 1. The molecule has 0 aromatic carbocycles. The van der Waals surface area contributed by atoms with Gasteiger partial charge in [0, 0.05) is 57.8 Å². The maximum atomic E-state index is 5.61. The molecule has 3 aliphatic heterocycles. The van der Waals surface area contributed by atoms with Gasteiger partial charge >= 0.3 is 0 Å². The van der Waals surface area contributed by atoms with Crippen LogP contribution in [0.2, 0.25) is 0 Å². The van der Waals surface area contributed by atoms with Gasteiger partial charge in [-0.1, -0.05) is 0 Å². The third kappa shape index (κ3) is 3.55. The van der Waals surface area contributed by atoms with Crippen molar-refractivity contribution in [3.8, 4) is 0 Å². The van der Waals surface area contributed by atoms with Crippen molar-refractivity contribution in [2.45, 2.75) is 25.8 Å². The molecule has 2 atom stereocenters. The molecule has 2 unspecified atom stereocenters. The molecule has 3 aliphatic rings. The number of guanidine groups is 1. The lowest BCUT2D eigenvalue weighted by molar-refractivity contribution is 0.000830. The number of ether oxygens (including phenoxy) is 2. The normalized spacial score (nSPS) is 33.8. The van der Waals surface area contributed by atoms with E-state index in [1.54, 1.807) is 0 Å². The number of morpholine rings is 1. The van der Waals surface area contributed by atoms with Crippen molar-refractivity contribution in [2.24, 2.45) is 10.4 Å². The van der Waals surface area contributed by atoms with E-state index in [0.29, 0.717) is 11.5 Å². The summed E-state index contributed by atoms with van der Waals surface area (Å²) in [5.41, 5.74) is 0.385. The first-order valence-electron chi connectivity index (χ1n) is 8.58. The molecule has 1 N–H and O–H groups in total. The van der Waals surface area contributed by atoms with Gasteiger partial charge < -0.3 is 19.7 Å². The van der Waals surface area contributed by atoms with Crippen molar-refractivity contribution in [3.05, 3.63) is 0 Å². The smallest absolute Gasteiger partial charge is 0.193 e. The molecule has 0 saturated carbocycles. The Hall–Kier alpha value is -0.850. The summed E-state index contributed by atoms with van der Waals surface area (Å²) >= 11 is 0. The standard InChI is InChI=1S/C16H30N4O2/c1-14-11-21-10-8-19(14)7-5-18-15(17-2)20-6-3-16(12-20)4-9-22-13-16/h14H,3-13H2,1-2H3,(H,17,18). The van der Waals surface area contributed by atoms with Crippen LogP contribution in [0, 0.1) is 5.41 Å². The Morgan fingerprint density at radius 3 is 2.91 bits per heavy atom. The monoisotopic (exact) mass is 310 g/mol. The van der Waals surface area contributed by atoms with Crippen LogP contribution < -0.4 is 5.32 Å². The van der Waals surface area contributed by atoms with Gasteiger partial charge in [0.1, 0.15) is 0 Å². The van der Waals surface area contributed by atoms with Gasteiger partial charge in [-0.2, -0.15) is 0 Å². The average molecular weight is 310 g/mol. The molecule has 3 saturated heterocycles. The predicted octanol–water partition coefficient (Wildman–Crippen LogP) is 0.395. The molecule has 1 spiro atoms. The fraction of sp³-hybridized carbons (Fsp3) is 0.938. The van der Waals surface area contributed by atoms with E-state index in [1.165, 1.54) is 12.8 Å². The van der Waals surface area contributed by atoms with Gasteiger partial charge in [0.2, 0.25) is 0 Å². The van der Waals surface area contributed by atoms with E-state index < -0.39 is 0 Å². The van der Waals surface area contributed by atoms with Gasteiger partial charge in [0.05, 0.1) is 19.8 Å². The SMILES string of the molecule is CN=C(NCCN1CCOCC1C)N1CCC2(CCOC2)C1. The van der Waals surface area contributed by atoms with Gasteiger partial charge in [-0.15, -0.1) is 0 Å². The van der Waals surface area contributed by atoms with Gasteiger partial charge in [-0.25, -0.2) is 0 Å². The highest BCUT2D eigenvalue weighted by Gasteiger charge is 2.42. The Kier molecular flexibility index (Phi) is 5.21. The van der Waals surface area contributed by atoms with Gasteiger partial charge in [-0.05, 0) is 19.8 Å². The highest BCUT2D eigenvalue weighted by molar-refractivity contribution is 5.80. The van der Waals surface area contributed by atoms with E-state index in [1.807, 2.05) is 7.05 Å². The van der Waals surface area contributed by atoms with Crippen LogP contribution >= 0.6 is 0 Å². The second kappa shape index (κ2) is 7.15. The summed E-state index contributed by atoms with van der Waals surface area (Å²) in [6.45, 7) is 11.0. The van der Waals surface area contributed by atoms with Crippen LogP contribution in [0.15, 0.2) is 4.99 Å². The summed E-state index contributed by atoms with van der Waals surface area (Å²) in [6, 6.07) is 0.517. The van der Waals surface area contributed by atoms with Crippen molar-refractivity contribution in [1.82, 2.24) is 15.1 Å². The van der Waals surface area contributed by atoms with Crippen LogP contribution in [0.3, 0.4) is 0 Å². The maximum absolute atomic E-state index is 5.61. The third-order valence-corrected chi connectivity index (χ3v) is 5.32. The molecule has 6 heteroatoms. The summed E-state index contributed by atoms with van der Waals surface area (Å²) in [7, 11) is 1.88. The fourth-order valence-corrected chi connectivity index (χ4v) is 3.82. The first kappa shape index (κ1) is 16.0. The minimum atomic E-state index is 0.385. The Morgan fingerprint density at radius 1 is 1.27 bits per heavy atom. The molecule has 0 aromatic rings. The lowest BCUT2D eigenvalue weighted by atomic mass is 9.87. The van der Waals surface area contributed by atoms with Crippen molar-refractivity contribution in [3.63, 3.8) is 0 Å². The largest absolute Gasteiger partial charge is 0.381 e. The third-order valence-electron chi connectivity index (χ3n) is 5.32. The Labute approximate surface area is 133 Å². The number of hydrogen-bond acceptors (Lipinski definition) is 4. The lowest BCUT2D eigenvalue weighted by Crippen LogP contribution is -2.48. The molecule has 3 fully saturated rings. The van der Waals surface area contributed by atoms with Crippen LogP contribution in [0.25, 0.3) is 0 Å². The zero-order valence-electron chi connectivity index (χ0n) is 14.0. The van der Waals surface area contributed by atoms with E-state index >= 15 is 0 Å². The number of nitrogens with zero attached hydrogens (tertiary/aromatic N) is 3. The molecule has 126 valence electrons. The molecule has 3 heterocycles. The van der Waals surface area contributed by atoms with E-state index in [9.17, 15) is 0 Å². The zero-order valence-corrected chi connectivity index (χ0v) is 14.0. The molecule has 22 heavy (non-hydrogen) atoms. The van der Waals surface area contributed by atoms with Crippen LogP contribution in [0.1, 0.15) is 19.8 Å². The topological polar surface area (TPSA) is 49.3 Å². The zero-order chi connectivity index (χ0) is 15.4. The molecular formula is C16H30N4O2. The number of nitrogens with one attached hydrogen (secondary N) is 1. The molecule has 0 aliphatic carbocycles. The second-order valence-electron chi connectivity index (χ2n) is 6.91. The van der Waals surface area contributed by atoms with Crippen molar-refractivity contribution >= 4 is 5.96 Å². The Morgan fingerprint density at radius 2 is 2.18 bits per heavy atom. The van der Waals surface area contributed by atoms with Gasteiger partial charge in [0.15, 0.2) is 5.96 Å². The highest BCUT2D eigenvalue weighted by atomic mass is 16.5. The van der Waals surface area contributed by atoms with Crippen molar-refractivity contribution in [1.29, 1.82) is 0 Å². The van der Waals surface area contributed by atoms with E-state index in [4.69, 9.17) is 9.47 Å². The van der Waals surface area contributed by atoms with E-state index in [-0.39, 0.29) is 0 Å². The van der Waals surface area contributed by atoms with Gasteiger partial charge in [-0.3, -0.25) is 9.89 Å². The quantitative estimate of drug-likeness (QED) is 0.604. The molecule has 3 rings (SSSR count). The maximum Gasteiger partial charge on any atom is 0.193 e. The summed E-state index contributed by atoms with van der Waals surface area (Å²) in [6.07, 6.45) is 2.43.